The van der Waals surface area contributed by atoms with Gasteiger partial charge in [-0.25, -0.2) is 9.59 Å². The molecule has 5 N–H and O–H groups in total. The molecule has 2 amide bonds. The molecule has 1 aliphatic rings. The maximum Gasteiger partial charge on any atom is 0.414 e. The molecule has 0 unspecified atom stereocenters. The summed E-state index contributed by atoms with van der Waals surface area (Å²) >= 11 is 0. The number of ether oxygens (including phenoxy) is 1. The summed E-state index contributed by atoms with van der Waals surface area (Å²) in [4.78, 5) is 45.3. The van der Waals surface area contributed by atoms with Crippen molar-refractivity contribution < 1.29 is 34.1 Å². The first-order chi connectivity index (χ1) is 14.7. The molecule has 2 rings (SSSR count). The number of benzene rings is 1. The fourth-order valence-electron chi connectivity index (χ4n) is 3.07. The first kappa shape index (κ1) is 25.9. The maximum absolute atomic E-state index is 12.8. The van der Waals surface area contributed by atoms with Crippen LogP contribution in [0.2, 0.25) is 0 Å². The lowest BCUT2D eigenvalue weighted by Gasteiger charge is -2.27. The molecule has 0 fully saturated rings. The maximum atomic E-state index is 12.8. The number of carbonyl (C=O) groups is 4. The smallest absolute Gasteiger partial charge is 0.414 e. The molecule has 1 aliphatic heterocycles. The summed E-state index contributed by atoms with van der Waals surface area (Å²) in [7, 11) is 0. The second-order valence-electron chi connectivity index (χ2n) is 6.88. The van der Waals surface area contributed by atoms with Gasteiger partial charge in [0.25, 0.3) is 0 Å². The molecular formula is C21H31N3O7. The lowest BCUT2D eigenvalue weighted by Crippen LogP contribution is -2.53. The number of hydrogen-bond acceptors (Lipinski definition) is 6. The van der Waals surface area contributed by atoms with E-state index in [1.165, 1.54) is 0 Å². The molecule has 1 aromatic carbocycles. The van der Waals surface area contributed by atoms with Crippen LogP contribution in [0, 0.1) is 0 Å². The van der Waals surface area contributed by atoms with Gasteiger partial charge in [0, 0.05) is 18.5 Å². The lowest BCUT2D eigenvalue weighted by atomic mass is 10.1. The molecule has 0 spiro atoms. The van der Waals surface area contributed by atoms with Crippen LogP contribution in [0.1, 0.15) is 45.6 Å². The standard InChI is InChI=1S/C19H29N3O3.C2H2O4/c1-4-7-11-21-18(23)16-12-13-15(9-8-10-17(13)25-6-3)22(16)19(24)14(20)5-2;3-1(4)2(5)6/h8-10,14,16H,4-7,11-12,20H2,1-3H3,(H,21,23);(H,3,4)(H,5,6)/t14-,16-;/m0./s1. The summed E-state index contributed by atoms with van der Waals surface area (Å²) in [5.74, 6) is -3.27. The number of carboxylic acids is 2. The number of carbonyl (C=O) groups excluding carboxylic acids is 2. The Morgan fingerprint density at radius 3 is 2.35 bits per heavy atom. The van der Waals surface area contributed by atoms with Crippen molar-refractivity contribution in [1.29, 1.82) is 0 Å². The molecule has 0 saturated heterocycles. The van der Waals surface area contributed by atoms with Gasteiger partial charge in [-0.15, -0.1) is 0 Å². The summed E-state index contributed by atoms with van der Waals surface area (Å²) in [6.07, 6.45) is 2.90. The molecule has 0 saturated carbocycles. The summed E-state index contributed by atoms with van der Waals surface area (Å²) in [6.45, 7) is 7.00. The number of aliphatic carboxylic acids is 2. The van der Waals surface area contributed by atoms with E-state index >= 15 is 0 Å². The van der Waals surface area contributed by atoms with Crippen LogP contribution in [0.25, 0.3) is 0 Å². The van der Waals surface area contributed by atoms with Crippen LogP contribution in [0.15, 0.2) is 18.2 Å². The fourth-order valence-corrected chi connectivity index (χ4v) is 3.07. The molecule has 0 radical (unpaired) electrons. The first-order valence-corrected chi connectivity index (χ1v) is 10.3. The minimum Gasteiger partial charge on any atom is -0.494 e. The summed E-state index contributed by atoms with van der Waals surface area (Å²) < 4.78 is 5.69. The van der Waals surface area contributed by atoms with E-state index in [1.807, 2.05) is 32.0 Å². The zero-order chi connectivity index (χ0) is 23.6. The highest BCUT2D eigenvalue weighted by molar-refractivity contribution is 6.27. The van der Waals surface area contributed by atoms with Gasteiger partial charge in [0.15, 0.2) is 0 Å². The van der Waals surface area contributed by atoms with Crippen LogP contribution in [-0.2, 0) is 25.6 Å². The molecule has 0 aromatic heterocycles. The largest absolute Gasteiger partial charge is 0.494 e. The van der Waals surface area contributed by atoms with E-state index in [4.69, 9.17) is 30.3 Å². The molecule has 0 aliphatic carbocycles. The number of fused-ring (bicyclic) bond motifs is 1. The Hall–Kier alpha value is -3.14. The predicted molar refractivity (Wildman–Crippen MR) is 114 cm³/mol. The number of unbranched alkanes of at least 4 members (excludes halogenated alkanes) is 1. The molecule has 2 atom stereocenters. The van der Waals surface area contributed by atoms with Crippen molar-refractivity contribution in [2.75, 3.05) is 18.1 Å². The van der Waals surface area contributed by atoms with Crippen molar-refractivity contribution in [3.05, 3.63) is 23.8 Å². The summed E-state index contributed by atoms with van der Waals surface area (Å²) in [6, 6.07) is 4.39. The van der Waals surface area contributed by atoms with Gasteiger partial charge in [-0.3, -0.25) is 14.5 Å². The van der Waals surface area contributed by atoms with E-state index in [1.54, 1.807) is 4.90 Å². The highest BCUT2D eigenvalue weighted by Crippen LogP contribution is 2.38. The Kier molecular flexibility index (Phi) is 10.5. The lowest BCUT2D eigenvalue weighted by molar-refractivity contribution is -0.159. The molecule has 1 heterocycles. The number of anilines is 1. The third-order valence-corrected chi connectivity index (χ3v) is 4.69. The van der Waals surface area contributed by atoms with Crippen LogP contribution < -0.4 is 20.7 Å². The van der Waals surface area contributed by atoms with Gasteiger partial charge >= 0.3 is 11.9 Å². The Morgan fingerprint density at radius 2 is 1.84 bits per heavy atom. The van der Waals surface area contributed by atoms with Gasteiger partial charge < -0.3 is 26.0 Å². The van der Waals surface area contributed by atoms with Crippen molar-refractivity contribution >= 4 is 29.4 Å². The number of rotatable bonds is 8. The quantitative estimate of drug-likeness (QED) is 0.348. The average Bonchev–Trinajstić information content (AvgIpc) is 3.14. The zero-order valence-electron chi connectivity index (χ0n) is 18.1. The van der Waals surface area contributed by atoms with E-state index in [2.05, 4.69) is 12.2 Å². The highest BCUT2D eigenvalue weighted by Gasteiger charge is 2.40. The first-order valence-electron chi connectivity index (χ1n) is 10.3. The Labute approximate surface area is 181 Å². The van der Waals surface area contributed by atoms with Crippen LogP contribution >= 0.6 is 0 Å². The summed E-state index contributed by atoms with van der Waals surface area (Å²) in [5.41, 5.74) is 7.61. The number of nitrogens with zero attached hydrogens (tertiary/aromatic N) is 1. The van der Waals surface area contributed by atoms with Crippen LogP contribution in [-0.4, -0.2) is 59.2 Å². The van der Waals surface area contributed by atoms with Gasteiger partial charge in [0.2, 0.25) is 11.8 Å². The second-order valence-corrected chi connectivity index (χ2v) is 6.88. The minimum atomic E-state index is -1.82. The third-order valence-electron chi connectivity index (χ3n) is 4.69. The average molecular weight is 437 g/mol. The third kappa shape index (κ3) is 6.95. The van der Waals surface area contributed by atoms with E-state index < -0.39 is 24.0 Å². The molecule has 0 bridgehead atoms. The monoisotopic (exact) mass is 437 g/mol. The number of amides is 2. The van der Waals surface area contributed by atoms with Gasteiger partial charge in [-0.1, -0.05) is 26.3 Å². The molecule has 10 heteroatoms. The molecule has 10 nitrogen and oxygen atoms in total. The van der Waals surface area contributed by atoms with Crippen LogP contribution in [0.3, 0.4) is 0 Å². The fraction of sp³-hybridized carbons (Fsp3) is 0.524. The summed E-state index contributed by atoms with van der Waals surface area (Å²) in [5, 5.41) is 17.7. The van der Waals surface area contributed by atoms with Gasteiger partial charge in [-0.05, 0) is 31.9 Å². The van der Waals surface area contributed by atoms with E-state index in [0.717, 1.165) is 29.8 Å². The predicted octanol–water partition coefficient (Wildman–Crippen LogP) is 1.15. The molecule has 1 aromatic rings. The van der Waals surface area contributed by atoms with E-state index in [-0.39, 0.29) is 11.8 Å². The van der Waals surface area contributed by atoms with E-state index in [0.29, 0.717) is 26.0 Å². The second kappa shape index (κ2) is 12.5. The minimum absolute atomic E-state index is 0.135. The molecule has 31 heavy (non-hydrogen) atoms. The van der Waals surface area contributed by atoms with Crippen molar-refractivity contribution in [2.24, 2.45) is 5.73 Å². The Morgan fingerprint density at radius 1 is 1.19 bits per heavy atom. The number of nitrogens with one attached hydrogen (secondary N) is 1. The SMILES string of the molecule is CCCCNC(=O)[C@@H]1Cc2c(OCC)cccc2N1C(=O)[C@@H](N)CC.O=C(O)C(=O)O. The van der Waals surface area contributed by atoms with Gasteiger partial charge in [0.1, 0.15) is 11.8 Å². The Balaban J connectivity index is 0.000000703. The zero-order valence-corrected chi connectivity index (χ0v) is 18.1. The van der Waals surface area contributed by atoms with Crippen molar-refractivity contribution in [3.63, 3.8) is 0 Å². The highest BCUT2D eigenvalue weighted by atomic mass is 16.5. The van der Waals surface area contributed by atoms with Gasteiger partial charge in [-0.2, -0.15) is 0 Å². The molecular weight excluding hydrogens is 406 g/mol. The van der Waals surface area contributed by atoms with Gasteiger partial charge in [0.05, 0.1) is 18.3 Å². The van der Waals surface area contributed by atoms with Crippen molar-refractivity contribution in [3.8, 4) is 5.75 Å². The number of hydrogen-bond donors (Lipinski definition) is 4. The normalized spacial score (nSPS) is 15.2. The number of carboxylic acid groups (broad SMARTS) is 2. The van der Waals surface area contributed by atoms with Crippen molar-refractivity contribution in [2.45, 2.75) is 58.5 Å². The van der Waals surface area contributed by atoms with E-state index in [9.17, 15) is 9.59 Å². The molecule has 172 valence electrons. The topological polar surface area (TPSA) is 159 Å². The number of nitrogens with two attached hydrogens (primary N) is 1. The van der Waals surface area contributed by atoms with Crippen LogP contribution in [0.5, 0.6) is 5.75 Å². The van der Waals surface area contributed by atoms with Crippen molar-refractivity contribution in [1.82, 2.24) is 5.32 Å². The Bertz CT molecular complexity index is 785. The van der Waals surface area contributed by atoms with Crippen LogP contribution in [0.4, 0.5) is 5.69 Å².